The van der Waals surface area contributed by atoms with Crippen LogP contribution >= 0.6 is 0 Å². The van der Waals surface area contributed by atoms with Gasteiger partial charge in [-0.05, 0) is 32.1 Å². The second kappa shape index (κ2) is 7.04. The number of rotatable bonds is 5. The van der Waals surface area contributed by atoms with E-state index in [4.69, 9.17) is 9.15 Å². The summed E-state index contributed by atoms with van der Waals surface area (Å²) in [5, 5.41) is 9.30. The molecule has 1 unspecified atom stereocenters. The predicted molar refractivity (Wildman–Crippen MR) is 90.2 cm³/mol. The fraction of sp³-hybridized carbons (Fsp3) is 0.722. The molecule has 1 amide bonds. The third kappa shape index (κ3) is 3.64. The lowest BCUT2D eigenvalue weighted by atomic mass is 10.1. The van der Waals surface area contributed by atoms with E-state index in [9.17, 15) is 10.1 Å². The highest BCUT2D eigenvalue weighted by molar-refractivity contribution is 5.76. The van der Waals surface area contributed by atoms with Crippen LogP contribution < -0.4 is 4.90 Å². The molecule has 4 rings (SSSR count). The van der Waals surface area contributed by atoms with Crippen molar-refractivity contribution in [1.29, 1.82) is 5.26 Å². The topological polar surface area (TPSA) is 82.6 Å². The van der Waals surface area contributed by atoms with Crippen LogP contribution in [0.3, 0.4) is 0 Å². The molecule has 2 saturated heterocycles. The molecule has 25 heavy (non-hydrogen) atoms. The number of oxazole rings is 1. The van der Waals surface area contributed by atoms with Gasteiger partial charge in [-0.3, -0.25) is 4.79 Å². The van der Waals surface area contributed by atoms with Crippen molar-refractivity contribution in [3.05, 3.63) is 11.6 Å². The molecule has 3 heterocycles. The zero-order chi connectivity index (χ0) is 17.2. The molecule has 1 aromatic heterocycles. The first kappa shape index (κ1) is 16.4. The number of amides is 1. The minimum Gasteiger partial charge on any atom is -0.423 e. The van der Waals surface area contributed by atoms with Crippen molar-refractivity contribution < 1.29 is 13.9 Å². The number of ether oxygens (including phenoxy) is 1. The number of nitriles is 1. The normalized spacial score (nSPS) is 23.7. The number of hydrogen-bond donors (Lipinski definition) is 0. The molecule has 1 aromatic rings. The number of aromatic nitrogens is 1. The molecule has 3 aliphatic rings. The lowest BCUT2D eigenvalue weighted by molar-refractivity contribution is -0.132. The van der Waals surface area contributed by atoms with E-state index in [1.165, 1.54) is 0 Å². The number of carbonyl (C=O) groups excluding carboxylic acids is 1. The van der Waals surface area contributed by atoms with Crippen molar-refractivity contribution in [3.8, 4) is 6.07 Å². The maximum absolute atomic E-state index is 12.4. The van der Waals surface area contributed by atoms with Gasteiger partial charge in [0, 0.05) is 45.1 Å². The van der Waals surface area contributed by atoms with Crippen LogP contribution in [0.4, 0.5) is 5.88 Å². The summed E-state index contributed by atoms with van der Waals surface area (Å²) < 4.78 is 11.4. The largest absolute Gasteiger partial charge is 0.423 e. The summed E-state index contributed by atoms with van der Waals surface area (Å²) in [6, 6.07) is 2.14. The van der Waals surface area contributed by atoms with Crippen LogP contribution in [0.5, 0.6) is 0 Å². The van der Waals surface area contributed by atoms with Crippen molar-refractivity contribution >= 4 is 11.8 Å². The molecule has 7 nitrogen and oxygen atoms in total. The summed E-state index contributed by atoms with van der Waals surface area (Å²) in [5.74, 6) is 1.87. The molecule has 0 spiro atoms. The van der Waals surface area contributed by atoms with E-state index in [2.05, 4.69) is 11.1 Å². The molecule has 7 heteroatoms. The third-order valence-corrected chi connectivity index (χ3v) is 5.28. The highest BCUT2D eigenvalue weighted by Gasteiger charge is 2.32. The summed E-state index contributed by atoms with van der Waals surface area (Å²) in [7, 11) is 0. The molecular weight excluding hydrogens is 320 g/mol. The van der Waals surface area contributed by atoms with Gasteiger partial charge in [-0.15, -0.1) is 0 Å². The van der Waals surface area contributed by atoms with Crippen LogP contribution in [0, 0.1) is 11.3 Å². The van der Waals surface area contributed by atoms with E-state index < -0.39 is 0 Å². The molecule has 1 aliphatic carbocycles. The molecule has 0 N–H and O–H groups in total. The van der Waals surface area contributed by atoms with Crippen LogP contribution in [0.25, 0.3) is 0 Å². The van der Waals surface area contributed by atoms with Gasteiger partial charge >= 0.3 is 0 Å². The van der Waals surface area contributed by atoms with E-state index in [0.29, 0.717) is 56.0 Å². The standard InChI is InChI=1S/C18H24N4O3/c19-12-15-18(25-17(20-15)13-3-4-13)22-9-7-21(8-10-22)16(23)6-5-14-2-1-11-24-14/h13-14H,1-11H2. The van der Waals surface area contributed by atoms with Gasteiger partial charge < -0.3 is 19.0 Å². The van der Waals surface area contributed by atoms with Crippen LogP contribution in [-0.2, 0) is 9.53 Å². The average molecular weight is 344 g/mol. The summed E-state index contributed by atoms with van der Waals surface area (Å²) >= 11 is 0. The second-order valence-electron chi connectivity index (χ2n) is 7.13. The maximum atomic E-state index is 12.4. The molecule has 0 aromatic carbocycles. The molecule has 134 valence electrons. The quantitative estimate of drug-likeness (QED) is 0.813. The third-order valence-electron chi connectivity index (χ3n) is 5.28. The van der Waals surface area contributed by atoms with Gasteiger partial charge in [0.2, 0.25) is 23.4 Å². The second-order valence-corrected chi connectivity index (χ2v) is 7.13. The number of piperazine rings is 1. The van der Waals surface area contributed by atoms with E-state index in [1.54, 1.807) is 0 Å². The smallest absolute Gasteiger partial charge is 0.234 e. The summed E-state index contributed by atoms with van der Waals surface area (Å²) in [4.78, 5) is 20.7. The summed E-state index contributed by atoms with van der Waals surface area (Å²) in [5.41, 5.74) is 0.375. The van der Waals surface area contributed by atoms with Crippen molar-refractivity contribution in [2.75, 3.05) is 37.7 Å². The predicted octanol–water partition coefficient (Wildman–Crippen LogP) is 2.03. The van der Waals surface area contributed by atoms with Gasteiger partial charge in [0.15, 0.2) is 0 Å². The Labute approximate surface area is 147 Å². The van der Waals surface area contributed by atoms with Gasteiger partial charge in [0.1, 0.15) is 6.07 Å². The fourth-order valence-corrected chi connectivity index (χ4v) is 3.59. The summed E-state index contributed by atoms with van der Waals surface area (Å²) in [6.07, 6.45) is 6.02. The molecule has 1 saturated carbocycles. The Morgan fingerprint density at radius 3 is 2.68 bits per heavy atom. The molecular formula is C18H24N4O3. The van der Waals surface area contributed by atoms with Gasteiger partial charge in [-0.25, -0.2) is 4.98 Å². The Balaban J connectivity index is 1.30. The lowest BCUT2D eigenvalue weighted by Gasteiger charge is -2.34. The van der Waals surface area contributed by atoms with Gasteiger partial charge in [0.25, 0.3) is 0 Å². The van der Waals surface area contributed by atoms with Gasteiger partial charge in [-0.1, -0.05) is 0 Å². The highest BCUT2D eigenvalue weighted by Crippen LogP contribution is 2.41. The summed E-state index contributed by atoms with van der Waals surface area (Å²) in [6.45, 7) is 3.52. The molecule has 0 bridgehead atoms. The minimum atomic E-state index is 0.201. The lowest BCUT2D eigenvalue weighted by Crippen LogP contribution is -2.49. The Kier molecular flexibility index (Phi) is 4.62. The van der Waals surface area contributed by atoms with Crippen molar-refractivity contribution in [2.24, 2.45) is 0 Å². The number of carbonyl (C=O) groups is 1. The Bertz CT molecular complexity index is 662. The van der Waals surface area contributed by atoms with Crippen molar-refractivity contribution in [1.82, 2.24) is 9.88 Å². The molecule has 1 atom stereocenters. The molecule has 2 aliphatic heterocycles. The van der Waals surface area contributed by atoms with E-state index in [-0.39, 0.29) is 12.0 Å². The van der Waals surface area contributed by atoms with Crippen LogP contribution in [-0.4, -0.2) is 54.7 Å². The van der Waals surface area contributed by atoms with Crippen LogP contribution in [0.15, 0.2) is 4.42 Å². The van der Waals surface area contributed by atoms with E-state index >= 15 is 0 Å². The first-order valence-corrected chi connectivity index (χ1v) is 9.29. The monoisotopic (exact) mass is 344 g/mol. The number of hydrogen-bond acceptors (Lipinski definition) is 6. The first-order chi connectivity index (χ1) is 12.2. The zero-order valence-corrected chi connectivity index (χ0v) is 14.4. The average Bonchev–Trinajstić information content (AvgIpc) is 3.20. The van der Waals surface area contributed by atoms with E-state index in [1.807, 2.05) is 9.80 Å². The van der Waals surface area contributed by atoms with Gasteiger partial charge in [-0.2, -0.15) is 5.26 Å². The van der Waals surface area contributed by atoms with E-state index in [0.717, 1.165) is 38.7 Å². The Morgan fingerprint density at radius 1 is 1.24 bits per heavy atom. The van der Waals surface area contributed by atoms with Crippen molar-refractivity contribution in [3.63, 3.8) is 0 Å². The fourth-order valence-electron chi connectivity index (χ4n) is 3.59. The Hall–Kier alpha value is -2.07. The molecule has 0 radical (unpaired) electrons. The highest BCUT2D eigenvalue weighted by atomic mass is 16.5. The Morgan fingerprint density at radius 2 is 2.04 bits per heavy atom. The maximum Gasteiger partial charge on any atom is 0.234 e. The van der Waals surface area contributed by atoms with Gasteiger partial charge in [0.05, 0.1) is 6.10 Å². The zero-order valence-electron chi connectivity index (χ0n) is 14.4. The SMILES string of the molecule is N#Cc1nc(C2CC2)oc1N1CCN(C(=O)CCC2CCCO2)CC1. The number of anilines is 1. The van der Waals surface area contributed by atoms with Crippen LogP contribution in [0.2, 0.25) is 0 Å². The minimum absolute atomic E-state index is 0.201. The number of nitrogens with zero attached hydrogens (tertiary/aromatic N) is 4. The van der Waals surface area contributed by atoms with Crippen LogP contribution in [0.1, 0.15) is 56.0 Å². The first-order valence-electron chi connectivity index (χ1n) is 9.29. The van der Waals surface area contributed by atoms with Crippen molar-refractivity contribution in [2.45, 2.75) is 50.5 Å². The molecule has 3 fully saturated rings.